The van der Waals surface area contributed by atoms with Gasteiger partial charge in [-0.1, -0.05) is 36.4 Å². The third-order valence-corrected chi connectivity index (χ3v) is 2.89. The van der Waals surface area contributed by atoms with E-state index < -0.39 is 0 Å². The van der Waals surface area contributed by atoms with Crippen LogP contribution in [-0.4, -0.2) is 19.9 Å². The van der Waals surface area contributed by atoms with E-state index in [0.29, 0.717) is 0 Å². The van der Waals surface area contributed by atoms with Crippen LogP contribution in [0.2, 0.25) is 0 Å². The monoisotopic (exact) mass is 262 g/mol. The van der Waals surface area contributed by atoms with Gasteiger partial charge in [-0.15, -0.1) is 0 Å². The quantitative estimate of drug-likeness (QED) is 0.756. The van der Waals surface area contributed by atoms with Gasteiger partial charge < -0.3 is 9.97 Å². The summed E-state index contributed by atoms with van der Waals surface area (Å²) in [6.07, 6.45) is 15.0. The second-order valence-corrected chi connectivity index (χ2v) is 4.35. The molecule has 0 aliphatic heterocycles. The van der Waals surface area contributed by atoms with E-state index in [1.807, 2.05) is 12.2 Å². The van der Waals surface area contributed by atoms with Crippen molar-refractivity contribution in [3.05, 3.63) is 71.8 Å². The van der Waals surface area contributed by atoms with Gasteiger partial charge in [-0.25, -0.2) is 9.97 Å². The Kier molecular flexibility index (Phi) is 3.55. The summed E-state index contributed by atoms with van der Waals surface area (Å²) in [5.41, 5.74) is 4.29. The lowest BCUT2D eigenvalue weighted by molar-refractivity contribution is 1.31. The third-order valence-electron chi connectivity index (χ3n) is 2.89. The molecule has 0 aliphatic carbocycles. The van der Waals surface area contributed by atoms with Crippen molar-refractivity contribution < 1.29 is 0 Å². The standard InChI is InChI=1S/C16H14N4/c1-2-14(6-8-16-10-18-12-20-16)4-3-13(1)5-7-15-9-17-11-19-15/h1-12H,(H,17,19)(H,18,20)/b7-5+,8-6?. The van der Waals surface area contributed by atoms with E-state index in [-0.39, 0.29) is 0 Å². The van der Waals surface area contributed by atoms with Gasteiger partial charge in [-0.2, -0.15) is 0 Å². The molecule has 4 nitrogen and oxygen atoms in total. The largest absolute Gasteiger partial charge is 0.345 e. The highest BCUT2D eigenvalue weighted by atomic mass is 14.9. The molecule has 2 aromatic heterocycles. The Morgan fingerprint density at radius 2 is 1.10 bits per heavy atom. The molecule has 0 aliphatic rings. The maximum atomic E-state index is 3.97. The van der Waals surface area contributed by atoms with Crippen molar-refractivity contribution in [2.75, 3.05) is 0 Å². The SMILES string of the molecule is C(=Cc1cnc[nH]1)c1ccc(/C=C/c2cnc[nH]2)cc1. The zero-order valence-electron chi connectivity index (χ0n) is 10.8. The number of aromatic nitrogens is 4. The van der Waals surface area contributed by atoms with Crippen LogP contribution in [0.5, 0.6) is 0 Å². The Hall–Kier alpha value is -2.88. The van der Waals surface area contributed by atoms with E-state index in [1.165, 1.54) is 0 Å². The number of benzene rings is 1. The number of H-pyrrole nitrogens is 2. The minimum absolute atomic E-state index is 0.994. The predicted molar refractivity (Wildman–Crippen MR) is 81.5 cm³/mol. The molecule has 0 amide bonds. The average molecular weight is 262 g/mol. The van der Waals surface area contributed by atoms with Gasteiger partial charge in [0.25, 0.3) is 0 Å². The minimum Gasteiger partial charge on any atom is -0.345 e. The number of nitrogens with zero attached hydrogens (tertiary/aromatic N) is 2. The topological polar surface area (TPSA) is 57.4 Å². The van der Waals surface area contributed by atoms with Gasteiger partial charge in [0.2, 0.25) is 0 Å². The fraction of sp³-hybridized carbons (Fsp3) is 0. The van der Waals surface area contributed by atoms with Gasteiger partial charge in [0.05, 0.1) is 36.4 Å². The Morgan fingerprint density at radius 3 is 1.45 bits per heavy atom. The van der Waals surface area contributed by atoms with Crippen molar-refractivity contribution in [1.29, 1.82) is 0 Å². The zero-order chi connectivity index (χ0) is 13.6. The fourth-order valence-electron chi connectivity index (χ4n) is 1.81. The summed E-state index contributed by atoms with van der Waals surface area (Å²) in [5.74, 6) is 0. The Morgan fingerprint density at radius 1 is 0.650 bits per heavy atom. The second-order valence-electron chi connectivity index (χ2n) is 4.35. The van der Waals surface area contributed by atoms with Gasteiger partial charge in [-0.05, 0) is 23.3 Å². The number of nitrogens with one attached hydrogen (secondary N) is 2. The molecule has 1 aromatic carbocycles. The van der Waals surface area contributed by atoms with Crippen molar-refractivity contribution >= 4 is 24.3 Å². The first-order chi connectivity index (χ1) is 9.90. The molecule has 20 heavy (non-hydrogen) atoms. The van der Waals surface area contributed by atoms with E-state index in [2.05, 4.69) is 56.4 Å². The molecule has 3 rings (SSSR count). The molecule has 98 valence electrons. The summed E-state index contributed by atoms with van der Waals surface area (Å²) in [4.78, 5) is 14.0. The molecule has 0 radical (unpaired) electrons. The van der Waals surface area contributed by atoms with Crippen LogP contribution in [0.25, 0.3) is 24.3 Å². The molecule has 2 N–H and O–H groups in total. The summed E-state index contributed by atoms with van der Waals surface area (Å²) < 4.78 is 0. The van der Waals surface area contributed by atoms with E-state index in [9.17, 15) is 0 Å². The Bertz CT molecular complexity index is 626. The first-order valence-electron chi connectivity index (χ1n) is 6.33. The van der Waals surface area contributed by atoms with Crippen LogP contribution in [-0.2, 0) is 0 Å². The Balaban J connectivity index is 1.68. The van der Waals surface area contributed by atoms with Crippen molar-refractivity contribution in [2.45, 2.75) is 0 Å². The lowest BCUT2D eigenvalue weighted by Gasteiger charge is -1.95. The molecule has 4 heteroatoms. The van der Waals surface area contributed by atoms with E-state index in [0.717, 1.165) is 22.5 Å². The second kappa shape index (κ2) is 5.84. The lowest BCUT2D eigenvalue weighted by Crippen LogP contribution is -1.75. The summed E-state index contributed by atoms with van der Waals surface area (Å²) in [5, 5.41) is 0. The van der Waals surface area contributed by atoms with Gasteiger partial charge in [-0.3, -0.25) is 0 Å². The number of hydrogen-bond acceptors (Lipinski definition) is 2. The highest BCUT2D eigenvalue weighted by Crippen LogP contribution is 2.10. The van der Waals surface area contributed by atoms with Crippen LogP contribution in [0, 0.1) is 0 Å². The number of imidazole rings is 2. The van der Waals surface area contributed by atoms with E-state index >= 15 is 0 Å². The zero-order valence-corrected chi connectivity index (χ0v) is 10.8. The van der Waals surface area contributed by atoms with E-state index in [4.69, 9.17) is 0 Å². The summed E-state index contributed by atoms with van der Waals surface area (Å²) in [6, 6.07) is 8.33. The summed E-state index contributed by atoms with van der Waals surface area (Å²) in [6.45, 7) is 0. The first kappa shape index (κ1) is 12.2. The normalized spacial score (nSPS) is 11.6. The van der Waals surface area contributed by atoms with Gasteiger partial charge in [0.1, 0.15) is 0 Å². The van der Waals surface area contributed by atoms with Crippen molar-refractivity contribution in [3.63, 3.8) is 0 Å². The van der Waals surface area contributed by atoms with Crippen molar-refractivity contribution in [2.24, 2.45) is 0 Å². The summed E-state index contributed by atoms with van der Waals surface area (Å²) >= 11 is 0. The lowest BCUT2D eigenvalue weighted by atomic mass is 10.1. The van der Waals surface area contributed by atoms with Crippen LogP contribution >= 0.6 is 0 Å². The van der Waals surface area contributed by atoms with Gasteiger partial charge >= 0.3 is 0 Å². The third kappa shape index (κ3) is 3.11. The van der Waals surface area contributed by atoms with Crippen molar-refractivity contribution in [1.82, 2.24) is 19.9 Å². The van der Waals surface area contributed by atoms with Crippen LogP contribution in [0.15, 0.2) is 49.3 Å². The first-order valence-corrected chi connectivity index (χ1v) is 6.33. The molecule has 0 unspecified atom stereocenters. The number of aromatic amines is 2. The molecular formula is C16H14N4. The molecular weight excluding hydrogens is 248 g/mol. The molecule has 0 saturated heterocycles. The molecule has 0 atom stereocenters. The van der Waals surface area contributed by atoms with Crippen LogP contribution in [0.4, 0.5) is 0 Å². The molecule has 2 heterocycles. The summed E-state index contributed by atoms with van der Waals surface area (Å²) in [7, 11) is 0. The average Bonchev–Trinajstić information content (AvgIpc) is 3.17. The fourth-order valence-corrected chi connectivity index (χ4v) is 1.81. The molecule has 3 aromatic rings. The van der Waals surface area contributed by atoms with Crippen LogP contribution < -0.4 is 0 Å². The van der Waals surface area contributed by atoms with Crippen LogP contribution in [0.3, 0.4) is 0 Å². The van der Waals surface area contributed by atoms with Crippen molar-refractivity contribution in [3.8, 4) is 0 Å². The molecule has 0 spiro atoms. The Labute approximate surface area is 116 Å². The van der Waals surface area contributed by atoms with E-state index in [1.54, 1.807) is 25.0 Å². The highest BCUT2D eigenvalue weighted by molar-refractivity contribution is 5.71. The molecule has 0 bridgehead atoms. The number of rotatable bonds is 4. The van der Waals surface area contributed by atoms with Gasteiger partial charge in [0.15, 0.2) is 0 Å². The van der Waals surface area contributed by atoms with Crippen LogP contribution in [0.1, 0.15) is 22.5 Å². The highest BCUT2D eigenvalue weighted by Gasteiger charge is 1.91. The predicted octanol–water partition coefficient (Wildman–Crippen LogP) is 3.47. The molecule has 0 fully saturated rings. The smallest absolute Gasteiger partial charge is 0.0924 e. The minimum atomic E-state index is 0.994. The molecule has 0 saturated carbocycles. The maximum Gasteiger partial charge on any atom is 0.0924 e. The maximum absolute atomic E-state index is 3.97. The number of hydrogen-bond donors (Lipinski definition) is 2. The van der Waals surface area contributed by atoms with Gasteiger partial charge in [0, 0.05) is 0 Å².